The summed E-state index contributed by atoms with van der Waals surface area (Å²) in [5.74, 6) is 0.139. The van der Waals surface area contributed by atoms with Gasteiger partial charge in [0.15, 0.2) is 0 Å². The Morgan fingerprint density at radius 3 is 2.80 bits per heavy atom. The van der Waals surface area contributed by atoms with Gasteiger partial charge in [0.1, 0.15) is 5.15 Å². The molecule has 1 amide bonds. The quantitative estimate of drug-likeness (QED) is 0.767. The molecule has 1 aromatic heterocycles. The molecule has 0 spiro atoms. The van der Waals surface area contributed by atoms with Gasteiger partial charge in [-0.05, 0) is 12.8 Å². The summed E-state index contributed by atoms with van der Waals surface area (Å²) in [6.45, 7) is 1.58. The minimum Gasteiger partial charge on any atom is -0.343 e. The average molecular weight is 321 g/mol. The van der Waals surface area contributed by atoms with E-state index in [9.17, 15) is 13.2 Å². The van der Waals surface area contributed by atoms with Gasteiger partial charge in [-0.2, -0.15) is 0 Å². The molecule has 0 bridgehead atoms. The zero-order valence-corrected chi connectivity index (χ0v) is 12.7. The highest BCUT2D eigenvalue weighted by molar-refractivity contribution is 7.89. The Labute approximate surface area is 123 Å². The third-order valence-electron chi connectivity index (χ3n) is 3.16. The summed E-state index contributed by atoms with van der Waals surface area (Å²) >= 11 is 5.86. The molecule has 7 nitrogen and oxygen atoms in total. The van der Waals surface area contributed by atoms with Crippen LogP contribution in [0.4, 0.5) is 0 Å². The number of hydrogen-bond donors (Lipinski definition) is 1. The number of imidazole rings is 1. The molecule has 2 rings (SSSR count). The molecular formula is C11H17ClN4O3S. The highest BCUT2D eigenvalue weighted by Gasteiger charge is 2.22. The Kier molecular flexibility index (Phi) is 4.66. The number of rotatable bonds is 6. The fourth-order valence-electron chi connectivity index (χ4n) is 2.06. The largest absolute Gasteiger partial charge is 0.343 e. The van der Waals surface area contributed by atoms with Gasteiger partial charge in [0.05, 0.1) is 6.33 Å². The van der Waals surface area contributed by atoms with Crippen LogP contribution < -0.4 is 4.72 Å². The molecule has 2 heterocycles. The number of amides is 1. The number of halogens is 1. The number of likely N-dealkylation sites (tertiary alicyclic amines) is 1. The Bertz CT molecular complexity index is 599. The lowest BCUT2D eigenvalue weighted by atomic mass is 10.4. The Morgan fingerprint density at radius 2 is 2.25 bits per heavy atom. The summed E-state index contributed by atoms with van der Waals surface area (Å²) in [5.41, 5.74) is 0. The first-order valence-electron chi connectivity index (χ1n) is 6.36. The van der Waals surface area contributed by atoms with Crippen molar-refractivity contribution in [3.8, 4) is 0 Å². The van der Waals surface area contributed by atoms with Crippen LogP contribution in [0.1, 0.15) is 19.3 Å². The topological polar surface area (TPSA) is 84.3 Å². The van der Waals surface area contributed by atoms with Gasteiger partial charge in [0, 0.05) is 33.1 Å². The Hall–Kier alpha value is -1.12. The monoisotopic (exact) mass is 320 g/mol. The molecule has 0 radical (unpaired) electrons. The first kappa shape index (κ1) is 15.3. The average Bonchev–Trinajstić information content (AvgIpc) is 2.93. The van der Waals surface area contributed by atoms with Gasteiger partial charge in [-0.3, -0.25) is 4.79 Å². The predicted molar refractivity (Wildman–Crippen MR) is 73.8 cm³/mol. The van der Waals surface area contributed by atoms with Crippen LogP contribution in [0, 0.1) is 0 Å². The van der Waals surface area contributed by atoms with Crippen LogP contribution in [0.5, 0.6) is 0 Å². The lowest BCUT2D eigenvalue weighted by Gasteiger charge is -2.15. The summed E-state index contributed by atoms with van der Waals surface area (Å²) in [5, 5.41) is -0.0915. The molecule has 9 heteroatoms. The molecule has 20 heavy (non-hydrogen) atoms. The maximum atomic E-state index is 12.0. The summed E-state index contributed by atoms with van der Waals surface area (Å²) in [6.07, 6.45) is 3.39. The summed E-state index contributed by atoms with van der Waals surface area (Å²) < 4.78 is 27.8. The molecule has 1 saturated heterocycles. The molecule has 0 saturated carbocycles. The van der Waals surface area contributed by atoms with Crippen LogP contribution in [0.3, 0.4) is 0 Å². The highest BCUT2D eigenvalue weighted by atomic mass is 35.5. The minimum absolute atomic E-state index is 0.0761. The molecule has 1 N–H and O–H groups in total. The Morgan fingerprint density at radius 1 is 1.50 bits per heavy atom. The summed E-state index contributed by atoms with van der Waals surface area (Å²) in [6, 6.07) is 0. The van der Waals surface area contributed by atoms with E-state index in [0.717, 1.165) is 13.0 Å². The number of nitrogens with one attached hydrogen (secondary N) is 1. The van der Waals surface area contributed by atoms with Crippen LogP contribution in [0.15, 0.2) is 11.4 Å². The molecule has 0 unspecified atom stereocenters. The van der Waals surface area contributed by atoms with E-state index in [1.807, 2.05) is 0 Å². The number of carbonyl (C=O) groups excluding carboxylic acids is 1. The van der Waals surface area contributed by atoms with Gasteiger partial charge in [-0.25, -0.2) is 18.1 Å². The van der Waals surface area contributed by atoms with Crippen molar-refractivity contribution in [1.29, 1.82) is 0 Å². The van der Waals surface area contributed by atoms with E-state index in [2.05, 4.69) is 9.71 Å². The third kappa shape index (κ3) is 3.31. The molecule has 0 aliphatic carbocycles. The molecule has 112 valence electrons. The van der Waals surface area contributed by atoms with Crippen LogP contribution >= 0.6 is 11.6 Å². The van der Waals surface area contributed by atoms with Gasteiger partial charge in [0.2, 0.25) is 10.9 Å². The van der Waals surface area contributed by atoms with Crippen LogP contribution in [-0.2, 0) is 21.9 Å². The fourth-order valence-corrected chi connectivity index (χ4v) is 3.56. The summed E-state index contributed by atoms with van der Waals surface area (Å²) in [4.78, 5) is 16.9. The van der Waals surface area contributed by atoms with E-state index in [1.165, 1.54) is 10.9 Å². The van der Waals surface area contributed by atoms with Gasteiger partial charge < -0.3 is 9.47 Å². The van der Waals surface area contributed by atoms with E-state index in [4.69, 9.17) is 11.6 Å². The van der Waals surface area contributed by atoms with Crippen molar-refractivity contribution < 1.29 is 13.2 Å². The van der Waals surface area contributed by atoms with Crippen molar-refractivity contribution in [1.82, 2.24) is 19.2 Å². The minimum atomic E-state index is -3.70. The first-order valence-corrected chi connectivity index (χ1v) is 8.22. The normalized spacial score (nSPS) is 16.1. The smallest absolute Gasteiger partial charge is 0.261 e. The van der Waals surface area contributed by atoms with Crippen molar-refractivity contribution in [3.05, 3.63) is 11.5 Å². The van der Waals surface area contributed by atoms with Crippen molar-refractivity contribution in [2.24, 2.45) is 7.05 Å². The van der Waals surface area contributed by atoms with E-state index < -0.39 is 10.0 Å². The first-order chi connectivity index (χ1) is 9.42. The molecular weight excluding hydrogens is 304 g/mol. The lowest BCUT2D eigenvalue weighted by molar-refractivity contribution is -0.127. The maximum absolute atomic E-state index is 12.0. The zero-order valence-electron chi connectivity index (χ0n) is 11.2. The number of carbonyl (C=O) groups is 1. The van der Waals surface area contributed by atoms with Crippen molar-refractivity contribution in [2.45, 2.75) is 24.3 Å². The predicted octanol–water partition coefficient (Wildman–Crippen LogP) is 0.364. The second-order valence-electron chi connectivity index (χ2n) is 4.69. The van der Waals surface area contributed by atoms with Gasteiger partial charge in [0.25, 0.3) is 10.0 Å². The van der Waals surface area contributed by atoms with Gasteiger partial charge in [-0.1, -0.05) is 11.6 Å². The third-order valence-corrected chi connectivity index (χ3v) is 5.11. The molecule has 0 aromatic carbocycles. The number of hydrogen-bond acceptors (Lipinski definition) is 4. The highest BCUT2D eigenvalue weighted by Crippen LogP contribution is 2.18. The van der Waals surface area contributed by atoms with Gasteiger partial charge in [-0.15, -0.1) is 0 Å². The van der Waals surface area contributed by atoms with Crippen LogP contribution in [0.2, 0.25) is 5.15 Å². The number of nitrogens with zero attached hydrogens (tertiary/aromatic N) is 3. The molecule has 1 aliphatic heterocycles. The lowest BCUT2D eigenvalue weighted by Crippen LogP contribution is -2.31. The number of aryl methyl sites for hydroxylation is 1. The van der Waals surface area contributed by atoms with Gasteiger partial charge >= 0.3 is 0 Å². The van der Waals surface area contributed by atoms with Crippen molar-refractivity contribution in [2.75, 3.05) is 19.6 Å². The van der Waals surface area contributed by atoms with Crippen molar-refractivity contribution >= 4 is 27.5 Å². The number of aromatic nitrogens is 2. The molecule has 1 aliphatic rings. The molecule has 1 aromatic rings. The second kappa shape index (κ2) is 6.11. The fraction of sp³-hybridized carbons (Fsp3) is 0.636. The van der Waals surface area contributed by atoms with Crippen molar-refractivity contribution in [3.63, 3.8) is 0 Å². The zero-order chi connectivity index (χ0) is 14.8. The molecule has 1 fully saturated rings. The van der Waals surface area contributed by atoms with E-state index in [1.54, 1.807) is 11.9 Å². The molecule has 0 atom stereocenters. The van der Waals surface area contributed by atoms with E-state index in [0.29, 0.717) is 19.4 Å². The SMILES string of the molecule is Cn1cnc(S(=O)(=O)NCCCN2CCCC2=O)c1Cl. The summed E-state index contributed by atoms with van der Waals surface area (Å²) in [7, 11) is -2.08. The standard InChI is InChI=1S/C11H17ClN4O3S/c1-15-8-13-11(10(15)12)20(18,19)14-5-3-7-16-6-2-4-9(16)17/h8,14H,2-7H2,1H3. The van der Waals surface area contributed by atoms with E-state index >= 15 is 0 Å². The number of sulfonamides is 1. The van der Waals surface area contributed by atoms with Crippen LogP contribution in [-0.4, -0.2) is 48.4 Å². The Balaban J connectivity index is 1.84. The van der Waals surface area contributed by atoms with Crippen LogP contribution in [0.25, 0.3) is 0 Å². The second-order valence-corrected chi connectivity index (χ2v) is 6.73. The maximum Gasteiger partial charge on any atom is 0.261 e. The van der Waals surface area contributed by atoms with E-state index in [-0.39, 0.29) is 22.6 Å².